The van der Waals surface area contributed by atoms with Crippen molar-refractivity contribution in [2.75, 3.05) is 11.9 Å². The van der Waals surface area contributed by atoms with E-state index >= 15 is 0 Å². The first kappa shape index (κ1) is 13.1. The predicted octanol–water partition coefficient (Wildman–Crippen LogP) is 4.12. The molecule has 0 atom stereocenters. The summed E-state index contributed by atoms with van der Waals surface area (Å²) in [7, 11) is 0. The van der Waals surface area contributed by atoms with Crippen molar-refractivity contribution in [1.82, 2.24) is 4.98 Å². The standard InChI is InChI=1S/C15H17BrN2/c1-11-5-3-4-6-13(11)8-10-18-15-14(16)12(2)7-9-17-15/h3-7,9H,8,10H2,1-2H3,(H,17,18). The average Bonchev–Trinajstić information content (AvgIpc) is 2.37. The summed E-state index contributed by atoms with van der Waals surface area (Å²) < 4.78 is 1.05. The van der Waals surface area contributed by atoms with Gasteiger partial charge in [0.15, 0.2) is 0 Å². The van der Waals surface area contributed by atoms with Gasteiger partial charge >= 0.3 is 0 Å². The smallest absolute Gasteiger partial charge is 0.140 e. The number of nitrogens with zero attached hydrogens (tertiary/aromatic N) is 1. The molecule has 2 nitrogen and oxygen atoms in total. The maximum absolute atomic E-state index is 4.33. The van der Waals surface area contributed by atoms with Crippen molar-refractivity contribution in [2.45, 2.75) is 20.3 Å². The zero-order valence-electron chi connectivity index (χ0n) is 10.7. The van der Waals surface area contributed by atoms with Gasteiger partial charge in [0.2, 0.25) is 0 Å². The van der Waals surface area contributed by atoms with Crippen LogP contribution in [0.4, 0.5) is 5.82 Å². The molecule has 1 aromatic carbocycles. The summed E-state index contributed by atoms with van der Waals surface area (Å²) in [5, 5.41) is 3.37. The van der Waals surface area contributed by atoms with Gasteiger partial charge < -0.3 is 5.32 Å². The first-order valence-corrected chi connectivity index (χ1v) is 6.87. The highest BCUT2D eigenvalue weighted by Gasteiger charge is 2.03. The lowest BCUT2D eigenvalue weighted by atomic mass is 10.1. The predicted molar refractivity (Wildman–Crippen MR) is 80.0 cm³/mol. The highest BCUT2D eigenvalue weighted by Crippen LogP contribution is 2.23. The van der Waals surface area contributed by atoms with Gasteiger partial charge in [-0.1, -0.05) is 24.3 Å². The van der Waals surface area contributed by atoms with Crippen LogP contribution in [-0.4, -0.2) is 11.5 Å². The first-order valence-electron chi connectivity index (χ1n) is 6.08. The van der Waals surface area contributed by atoms with Crippen LogP contribution >= 0.6 is 15.9 Å². The van der Waals surface area contributed by atoms with Gasteiger partial charge in [-0.25, -0.2) is 4.98 Å². The van der Waals surface area contributed by atoms with Crippen LogP contribution in [0.25, 0.3) is 0 Å². The number of hydrogen-bond acceptors (Lipinski definition) is 2. The van der Waals surface area contributed by atoms with Crippen LogP contribution < -0.4 is 5.32 Å². The Bertz CT molecular complexity index is 538. The second kappa shape index (κ2) is 6.01. The molecule has 1 heterocycles. The first-order chi connectivity index (χ1) is 8.68. The molecule has 0 unspecified atom stereocenters. The second-order valence-electron chi connectivity index (χ2n) is 4.39. The van der Waals surface area contributed by atoms with E-state index in [4.69, 9.17) is 0 Å². The van der Waals surface area contributed by atoms with E-state index in [1.807, 2.05) is 12.3 Å². The zero-order valence-corrected chi connectivity index (χ0v) is 12.3. The maximum Gasteiger partial charge on any atom is 0.140 e. The van der Waals surface area contributed by atoms with Gasteiger partial charge in [-0.2, -0.15) is 0 Å². The average molecular weight is 305 g/mol. The minimum atomic E-state index is 0.889. The van der Waals surface area contributed by atoms with E-state index in [-0.39, 0.29) is 0 Å². The van der Waals surface area contributed by atoms with Crippen LogP contribution in [0.1, 0.15) is 16.7 Å². The molecule has 1 N–H and O–H groups in total. The number of halogens is 1. The maximum atomic E-state index is 4.33. The molecular weight excluding hydrogens is 288 g/mol. The molecule has 0 aliphatic carbocycles. The van der Waals surface area contributed by atoms with Crippen molar-refractivity contribution in [1.29, 1.82) is 0 Å². The molecule has 1 aromatic heterocycles. The summed E-state index contributed by atoms with van der Waals surface area (Å²) in [6, 6.07) is 10.5. The fraction of sp³-hybridized carbons (Fsp3) is 0.267. The number of anilines is 1. The van der Waals surface area contributed by atoms with E-state index in [1.54, 1.807) is 0 Å². The topological polar surface area (TPSA) is 24.9 Å². The lowest BCUT2D eigenvalue weighted by Crippen LogP contribution is -2.08. The Morgan fingerprint density at radius 2 is 1.89 bits per heavy atom. The second-order valence-corrected chi connectivity index (χ2v) is 5.19. The Kier molecular flexibility index (Phi) is 4.37. The summed E-state index contributed by atoms with van der Waals surface area (Å²) in [5.74, 6) is 0.920. The van der Waals surface area contributed by atoms with Crippen molar-refractivity contribution >= 4 is 21.7 Å². The lowest BCUT2D eigenvalue weighted by molar-refractivity contribution is 0.990. The van der Waals surface area contributed by atoms with Gasteiger partial charge in [0.1, 0.15) is 5.82 Å². The normalized spacial score (nSPS) is 10.4. The molecule has 3 heteroatoms. The number of benzene rings is 1. The molecule has 0 aliphatic heterocycles. The fourth-order valence-corrected chi connectivity index (χ4v) is 2.24. The molecule has 0 amide bonds. The molecule has 0 fully saturated rings. The molecule has 0 saturated heterocycles. The quantitative estimate of drug-likeness (QED) is 0.919. The summed E-state index contributed by atoms with van der Waals surface area (Å²) in [6.07, 6.45) is 2.84. The van der Waals surface area contributed by atoms with Crippen molar-refractivity contribution in [3.63, 3.8) is 0 Å². The van der Waals surface area contributed by atoms with E-state index in [0.717, 1.165) is 23.3 Å². The highest BCUT2D eigenvalue weighted by atomic mass is 79.9. The number of nitrogens with one attached hydrogen (secondary N) is 1. The SMILES string of the molecule is Cc1ccccc1CCNc1nccc(C)c1Br. The largest absolute Gasteiger partial charge is 0.369 e. The Labute approximate surface area is 117 Å². The number of rotatable bonds is 4. The molecule has 0 saturated carbocycles. The van der Waals surface area contributed by atoms with Gasteiger partial charge in [-0.3, -0.25) is 0 Å². The van der Waals surface area contributed by atoms with E-state index < -0.39 is 0 Å². The molecule has 0 radical (unpaired) electrons. The third-order valence-electron chi connectivity index (χ3n) is 3.03. The third kappa shape index (κ3) is 3.10. The van der Waals surface area contributed by atoms with Crippen LogP contribution in [0.15, 0.2) is 41.0 Å². The van der Waals surface area contributed by atoms with E-state index in [9.17, 15) is 0 Å². The van der Waals surface area contributed by atoms with E-state index in [1.165, 1.54) is 16.7 Å². The molecular formula is C15H17BrN2. The monoisotopic (exact) mass is 304 g/mol. The number of pyridine rings is 1. The third-order valence-corrected chi connectivity index (χ3v) is 4.03. The number of hydrogen-bond donors (Lipinski definition) is 1. The molecule has 2 aromatic rings. The van der Waals surface area contributed by atoms with Gasteiger partial charge in [0, 0.05) is 12.7 Å². The molecule has 94 valence electrons. The van der Waals surface area contributed by atoms with Crippen molar-refractivity contribution in [2.24, 2.45) is 0 Å². The Morgan fingerprint density at radius 3 is 2.67 bits per heavy atom. The Morgan fingerprint density at radius 1 is 1.11 bits per heavy atom. The molecule has 2 rings (SSSR count). The number of aryl methyl sites for hydroxylation is 2. The van der Waals surface area contributed by atoms with Crippen LogP contribution in [-0.2, 0) is 6.42 Å². The van der Waals surface area contributed by atoms with E-state index in [0.29, 0.717) is 0 Å². The van der Waals surface area contributed by atoms with Gasteiger partial charge in [0.05, 0.1) is 4.47 Å². The van der Waals surface area contributed by atoms with Crippen LogP contribution in [0, 0.1) is 13.8 Å². The van der Waals surface area contributed by atoms with E-state index in [2.05, 4.69) is 64.3 Å². The molecule has 0 bridgehead atoms. The fourth-order valence-electron chi connectivity index (χ4n) is 1.87. The highest BCUT2D eigenvalue weighted by molar-refractivity contribution is 9.10. The van der Waals surface area contributed by atoms with Crippen molar-refractivity contribution < 1.29 is 0 Å². The Hall–Kier alpha value is -1.35. The summed E-state index contributed by atoms with van der Waals surface area (Å²) in [6.45, 7) is 5.11. The van der Waals surface area contributed by atoms with Gasteiger partial charge in [0.25, 0.3) is 0 Å². The summed E-state index contributed by atoms with van der Waals surface area (Å²) >= 11 is 3.56. The van der Waals surface area contributed by atoms with Gasteiger partial charge in [-0.05, 0) is 59.0 Å². The lowest BCUT2D eigenvalue weighted by Gasteiger charge is -2.10. The Balaban J connectivity index is 1.97. The summed E-state index contributed by atoms with van der Waals surface area (Å²) in [5.41, 5.74) is 3.92. The minimum Gasteiger partial charge on any atom is -0.369 e. The summed E-state index contributed by atoms with van der Waals surface area (Å²) in [4.78, 5) is 4.33. The molecule has 0 spiro atoms. The van der Waals surface area contributed by atoms with Crippen molar-refractivity contribution in [3.05, 3.63) is 57.7 Å². The molecule has 0 aliphatic rings. The van der Waals surface area contributed by atoms with Crippen molar-refractivity contribution in [3.8, 4) is 0 Å². The van der Waals surface area contributed by atoms with Crippen LogP contribution in [0.5, 0.6) is 0 Å². The molecule has 18 heavy (non-hydrogen) atoms. The van der Waals surface area contributed by atoms with Crippen LogP contribution in [0.3, 0.4) is 0 Å². The van der Waals surface area contributed by atoms with Gasteiger partial charge in [-0.15, -0.1) is 0 Å². The zero-order chi connectivity index (χ0) is 13.0. The number of aromatic nitrogens is 1. The van der Waals surface area contributed by atoms with Crippen LogP contribution in [0.2, 0.25) is 0 Å². The minimum absolute atomic E-state index is 0.889.